The lowest BCUT2D eigenvalue weighted by Crippen LogP contribution is -2.42. The van der Waals surface area contributed by atoms with E-state index in [4.69, 9.17) is 10.8 Å². The summed E-state index contributed by atoms with van der Waals surface area (Å²) in [6.45, 7) is 12.1. The summed E-state index contributed by atoms with van der Waals surface area (Å²) in [7, 11) is 0.315. The van der Waals surface area contributed by atoms with Crippen molar-refractivity contribution in [1.29, 1.82) is 0 Å². The fourth-order valence-corrected chi connectivity index (χ4v) is 2.86. The highest BCUT2D eigenvalue weighted by molar-refractivity contribution is 6.74. The number of nitrogens with zero attached hydrogens (tertiary/aromatic N) is 2. The minimum atomic E-state index is -1.70. The molecule has 1 atom stereocenters. The summed E-state index contributed by atoms with van der Waals surface area (Å²) >= 11 is 0. The van der Waals surface area contributed by atoms with Gasteiger partial charge in [-0.15, -0.1) is 12.3 Å². The van der Waals surface area contributed by atoms with Crippen molar-refractivity contribution >= 4 is 8.32 Å². The Morgan fingerprint density at radius 3 is 2.55 bits per heavy atom. The van der Waals surface area contributed by atoms with E-state index < -0.39 is 8.32 Å². The molecule has 1 aromatic heterocycles. The number of imidazole rings is 1. The average molecular weight is 292 g/mol. The SMILES string of the molecule is C#CCC(CO[Si](C)(C)C(C)(C)C)Cc1cncn1C. The van der Waals surface area contributed by atoms with Gasteiger partial charge in [0.1, 0.15) is 0 Å². The largest absolute Gasteiger partial charge is 0.417 e. The molecular weight excluding hydrogens is 264 g/mol. The van der Waals surface area contributed by atoms with Crippen molar-refractivity contribution in [1.82, 2.24) is 9.55 Å². The van der Waals surface area contributed by atoms with Crippen LogP contribution in [0.1, 0.15) is 32.9 Å². The second-order valence-corrected chi connectivity index (χ2v) is 11.9. The van der Waals surface area contributed by atoms with Gasteiger partial charge in [0.2, 0.25) is 0 Å². The number of aryl methyl sites for hydroxylation is 1. The maximum absolute atomic E-state index is 6.31. The molecule has 4 heteroatoms. The molecule has 0 amide bonds. The van der Waals surface area contributed by atoms with Gasteiger partial charge in [-0.2, -0.15) is 0 Å². The first kappa shape index (κ1) is 17.0. The number of hydrogen-bond acceptors (Lipinski definition) is 2. The van der Waals surface area contributed by atoms with Gasteiger partial charge in [-0.25, -0.2) is 4.98 Å². The third-order valence-electron chi connectivity index (χ3n) is 4.31. The van der Waals surface area contributed by atoms with Gasteiger partial charge in [-0.05, 0) is 30.5 Å². The molecule has 0 N–H and O–H groups in total. The van der Waals surface area contributed by atoms with Crippen LogP contribution in [0.5, 0.6) is 0 Å². The molecule has 0 saturated carbocycles. The maximum atomic E-state index is 6.31. The van der Waals surface area contributed by atoms with Gasteiger partial charge < -0.3 is 8.99 Å². The van der Waals surface area contributed by atoms with Crippen molar-refractivity contribution < 1.29 is 4.43 Å². The van der Waals surface area contributed by atoms with Crippen LogP contribution >= 0.6 is 0 Å². The molecule has 1 aromatic rings. The Morgan fingerprint density at radius 1 is 1.45 bits per heavy atom. The Balaban J connectivity index is 2.65. The summed E-state index contributed by atoms with van der Waals surface area (Å²) < 4.78 is 8.36. The third kappa shape index (κ3) is 4.50. The van der Waals surface area contributed by atoms with Gasteiger partial charge in [0, 0.05) is 32.0 Å². The molecule has 0 radical (unpaired) electrons. The molecule has 0 aromatic carbocycles. The minimum absolute atomic E-state index is 0.236. The quantitative estimate of drug-likeness (QED) is 0.591. The number of hydrogen-bond donors (Lipinski definition) is 0. The van der Waals surface area contributed by atoms with Crippen molar-refractivity contribution in [3.05, 3.63) is 18.2 Å². The van der Waals surface area contributed by atoms with E-state index in [2.05, 4.69) is 49.3 Å². The van der Waals surface area contributed by atoms with Crippen LogP contribution in [-0.2, 0) is 17.9 Å². The summed E-state index contributed by atoms with van der Waals surface area (Å²) in [5.74, 6) is 3.15. The van der Waals surface area contributed by atoms with Crippen LogP contribution in [0.15, 0.2) is 12.5 Å². The Hall–Kier alpha value is -1.05. The van der Waals surface area contributed by atoms with Crippen molar-refractivity contribution in [3.63, 3.8) is 0 Å². The molecule has 0 aliphatic rings. The Kier molecular flexibility index (Phi) is 5.61. The number of rotatable bonds is 6. The predicted octanol–water partition coefficient (Wildman–Crippen LogP) is 3.62. The van der Waals surface area contributed by atoms with Crippen LogP contribution in [0.4, 0.5) is 0 Å². The summed E-state index contributed by atoms with van der Waals surface area (Å²) in [4.78, 5) is 4.16. The number of terminal acetylenes is 1. The van der Waals surface area contributed by atoms with E-state index in [1.54, 1.807) is 0 Å². The smallest absolute Gasteiger partial charge is 0.191 e. The molecule has 0 fully saturated rings. The van der Waals surface area contributed by atoms with Crippen molar-refractivity contribution in [3.8, 4) is 12.3 Å². The van der Waals surface area contributed by atoms with Crippen LogP contribution in [0.2, 0.25) is 18.1 Å². The van der Waals surface area contributed by atoms with E-state index in [1.807, 2.05) is 19.6 Å². The van der Waals surface area contributed by atoms with E-state index in [1.165, 1.54) is 5.69 Å². The molecule has 0 spiro atoms. The standard InChI is InChI=1S/C16H28N2OSi/c1-8-9-14(10-15-11-17-13-18(15)5)12-19-20(6,7)16(2,3)4/h1,11,13-14H,9-10,12H2,2-7H3. The van der Waals surface area contributed by atoms with E-state index in [9.17, 15) is 0 Å². The highest BCUT2D eigenvalue weighted by atomic mass is 28.4. The van der Waals surface area contributed by atoms with E-state index in [0.29, 0.717) is 5.92 Å². The monoisotopic (exact) mass is 292 g/mol. The van der Waals surface area contributed by atoms with Crippen LogP contribution in [0.3, 0.4) is 0 Å². The zero-order valence-corrected chi connectivity index (χ0v) is 14.7. The summed E-state index contributed by atoms with van der Waals surface area (Å²) in [5.41, 5.74) is 1.21. The normalized spacial score (nSPS) is 14.1. The van der Waals surface area contributed by atoms with Crippen molar-refractivity contribution in [2.45, 2.75) is 51.7 Å². The average Bonchev–Trinajstić information content (AvgIpc) is 2.71. The third-order valence-corrected chi connectivity index (χ3v) is 8.81. The van der Waals surface area contributed by atoms with Gasteiger partial charge in [-0.3, -0.25) is 0 Å². The lowest BCUT2D eigenvalue weighted by Gasteiger charge is -2.37. The molecule has 0 aliphatic carbocycles. The predicted molar refractivity (Wildman–Crippen MR) is 87.0 cm³/mol. The summed E-state index contributed by atoms with van der Waals surface area (Å²) in [5, 5.41) is 0.236. The molecule has 1 unspecified atom stereocenters. The van der Waals surface area contributed by atoms with Gasteiger partial charge >= 0.3 is 0 Å². The maximum Gasteiger partial charge on any atom is 0.191 e. The van der Waals surface area contributed by atoms with Crippen molar-refractivity contribution in [2.75, 3.05) is 6.61 Å². The zero-order valence-electron chi connectivity index (χ0n) is 13.7. The summed E-state index contributed by atoms with van der Waals surface area (Å²) in [6, 6.07) is 0. The number of aromatic nitrogens is 2. The fraction of sp³-hybridized carbons (Fsp3) is 0.688. The zero-order chi connectivity index (χ0) is 15.4. The molecular formula is C16H28N2OSi. The highest BCUT2D eigenvalue weighted by Gasteiger charge is 2.37. The van der Waals surface area contributed by atoms with Gasteiger partial charge in [0.25, 0.3) is 0 Å². The van der Waals surface area contributed by atoms with E-state index in [-0.39, 0.29) is 5.04 Å². The van der Waals surface area contributed by atoms with Gasteiger partial charge in [0.05, 0.1) is 6.33 Å². The highest BCUT2D eigenvalue weighted by Crippen LogP contribution is 2.37. The molecule has 112 valence electrons. The first-order valence-electron chi connectivity index (χ1n) is 7.20. The first-order chi connectivity index (χ1) is 9.17. The molecule has 0 bridgehead atoms. The van der Waals surface area contributed by atoms with Gasteiger partial charge in [0.15, 0.2) is 8.32 Å². The molecule has 1 heterocycles. The topological polar surface area (TPSA) is 27.1 Å². The van der Waals surface area contributed by atoms with Crippen LogP contribution in [-0.4, -0.2) is 24.5 Å². The molecule has 3 nitrogen and oxygen atoms in total. The fourth-order valence-electron chi connectivity index (χ4n) is 1.78. The van der Waals surface area contributed by atoms with Crippen LogP contribution < -0.4 is 0 Å². The van der Waals surface area contributed by atoms with Crippen LogP contribution in [0.25, 0.3) is 0 Å². The lowest BCUT2D eigenvalue weighted by atomic mass is 10.0. The Labute approximate surface area is 124 Å². The van der Waals surface area contributed by atoms with Gasteiger partial charge in [-0.1, -0.05) is 20.8 Å². The molecule has 0 saturated heterocycles. The second-order valence-electron chi connectivity index (χ2n) is 7.05. The lowest BCUT2D eigenvalue weighted by molar-refractivity contribution is 0.228. The molecule has 0 aliphatic heterocycles. The summed E-state index contributed by atoms with van der Waals surface area (Å²) in [6.07, 6.45) is 10.9. The Bertz CT molecular complexity index is 466. The minimum Gasteiger partial charge on any atom is -0.417 e. The van der Waals surface area contributed by atoms with E-state index in [0.717, 1.165) is 19.4 Å². The Morgan fingerprint density at radius 2 is 2.10 bits per heavy atom. The first-order valence-corrected chi connectivity index (χ1v) is 10.1. The van der Waals surface area contributed by atoms with E-state index >= 15 is 0 Å². The van der Waals surface area contributed by atoms with Crippen LogP contribution in [0, 0.1) is 18.3 Å². The molecule has 20 heavy (non-hydrogen) atoms. The second kappa shape index (κ2) is 6.60. The van der Waals surface area contributed by atoms with Crippen molar-refractivity contribution in [2.24, 2.45) is 13.0 Å². The molecule has 1 rings (SSSR count).